The molecule has 8 heteroatoms. The number of aromatic nitrogens is 5. The summed E-state index contributed by atoms with van der Waals surface area (Å²) >= 11 is 1.56. The molecule has 5 rings (SSSR count). The molecule has 28 heavy (non-hydrogen) atoms. The highest BCUT2D eigenvalue weighted by Gasteiger charge is 2.32. The summed E-state index contributed by atoms with van der Waals surface area (Å²) in [5.74, 6) is 1.33. The minimum atomic E-state index is 0.0767. The summed E-state index contributed by atoms with van der Waals surface area (Å²) < 4.78 is 2.85. The van der Waals surface area contributed by atoms with E-state index in [1.54, 1.807) is 11.3 Å². The van der Waals surface area contributed by atoms with Gasteiger partial charge in [-0.3, -0.25) is 4.79 Å². The molecule has 1 aliphatic heterocycles. The molecule has 1 fully saturated rings. The van der Waals surface area contributed by atoms with Crippen molar-refractivity contribution in [1.29, 1.82) is 0 Å². The summed E-state index contributed by atoms with van der Waals surface area (Å²) in [6.07, 6.45) is 2.49. The molecule has 1 amide bonds. The van der Waals surface area contributed by atoms with Crippen LogP contribution in [-0.4, -0.2) is 48.5 Å². The first-order chi connectivity index (χ1) is 13.6. The zero-order valence-corrected chi connectivity index (χ0v) is 16.6. The fraction of sp³-hybridized carbons (Fsp3) is 0.350. The molecule has 3 aromatic heterocycles. The zero-order valence-electron chi connectivity index (χ0n) is 15.7. The quantitative estimate of drug-likeness (QED) is 0.523. The Morgan fingerprint density at radius 2 is 2.14 bits per heavy atom. The average molecular weight is 392 g/mol. The molecule has 1 unspecified atom stereocenters. The van der Waals surface area contributed by atoms with Crippen molar-refractivity contribution in [2.24, 2.45) is 5.92 Å². The number of rotatable bonds is 2. The van der Waals surface area contributed by atoms with E-state index in [2.05, 4.69) is 33.0 Å². The predicted octanol–water partition coefficient (Wildman–Crippen LogP) is 3.31. The van der Waals surface area contributed by atoms with Crippen LogP contribution in [-0.2, 0) is 0 Å². The lowest BCUT2D eigenvalue weighted by Crippen LogP contribution is -2.42. The number of piperidine rings is 1. The van der Waals surface area contributed by atoms with E-state index in [0.29, 0.717) is 18.2 Å². The second kappa shape index (κ2) is 6.63. The summed E-state index contributed by atoms with van der Waals surface area (Å²) in [4.78, 5) is 28.1. The summed E-state index contributed by atoms with van der Waals surface area (Å²) in [6.45, 7) is 5.65. The second-order valence-electron chi connectivity index (χ2n) is 7.45. The molecule has 4 heterocycles. The Morgan fingerprint density at radius 1 is 1.25 bits per heavy atom. The van der Waals surface area contributed by atoms with Gasteiger partial charge < -0.3 is 4.90 Å². The van der Waals surface area contributed by atoms with Gasteiger partial charge in [-0.05, 0) is 43.5 Å². The number of carbonyl (C=O) groups excluding carboxylic acids is 1. The lowest BCUT2D eigenvalue weighted by molar-refractivity contribution is 0.0666. The van der Waals surface area contributed by atoms with E-state index in [1.807, 2.05) is 40.0 Å². The van der Waals surface area contributed by atoms with Gasteiger partial charge in [0.2, 0.25) is 0 Å². The van der Waals surface area contributed by atoms with Gasteiger partial charge in [0.15, 0.2) is 0 Å². The van der Waals surface area contributed by atoms with Gasteiger partial charge in [-0.25, -0.2) is 14.5 Å². The molecule has 0 aliphatic carbocycles. The van der Waals surface area contributed by atoms with Crippen LogP contribution in [0.1, 0.15) is 41.0 Å². The number of hydrogen-bond donors (Lipinski definition) is 0. The normalized spacial score (nSPS) is 20.1. The highest BCUT2D eigenvalue weighted by atomic mass is 32.1. The van der Waals surface area contributed by atoms with Crippen LogP contribution >= 0.6 is 11.3 Å². The maximum Gasteiger partial charge on any atom is 0.253 e. The maximum atomic E-state index is 13.2. The number of carbonyl (C=O) groups is 1. The van der Waals surface area contributed by atoms with Gasteiger partial charge in [0.05, 0.1) is 21.4 Å². The van der Waals surface area contributed by atoms with E-state index in [-0.39, 0.29) is 11.8 Å². The first kappa shape index (κ1) is 17.2. The number of hydrogen-bond acceptors (Lipinski definition) is 6. The summed E-state index contributed by atoms with van der Waals surface area (Å²) in [5, 5.41) is 4.36. The van der Waals surface area contributed by atoms with Crippen molar-refractivity contribution in [1.82, 2.24) is 29.5 Å². The Labute approximate surface area is 166 Å². The molecule has 0 spiro atoms. The van der Waals surface area contributed by atoms with Crippen LogP contribution in [0.3, 0.4) is 0 Å². The number of thiazole rings is 1. The fourth-order valence-corrected chi connectivity index (χ4v) is 4.75. The van der Waals surface area contributed by atoms with Crippen LogP contribution in [0.25, 0.3) is 16.0 Å². The highest BCUT2D eigenvalue weighted by molar-refractivity contribution is 7.16. The molecule has 0 radical (unpaired) electrons. The topological polar surface area (TPSA) is 76.3 Å². The molecular formula is C20H20N6OS. The van der Waals surface area contributed by atoms with Crippen molar-refractivity contribution in [3.05, 3.63) is 53.1 Å². The van der Waals surface area contributed by atoms with Crippen LogP contribution in [0.4, 0.5) is 0 Å². The monoisotopic (exact) mass is 392 g/mol. The molecule has 1 aromatic carbocycles. The number of fused-ring (bicyclic) bond motifs is 2. The van der Waals surface area contributed by atoms with Gasteiger partial charge in [0.25, 0.3) is 11.7 Å². The van der Waals surface area contributed by atoms with Gasteiger partial charge in [0, 0.05) is 30.3 Å². The van der Waals surface area contributed by atoms with Crippen molar-refractivity contribution in [3.8, 4) is 0 Å². The summed E-state index contributed by atoms with van der Waals surface area (Å²) in [6, 6.07) is 7.83. The number of likely N-dealkylation sites (tertiary alicyclic amines) is 1. The van der Waals surface area contributed by atoms with Crippen LogP contribution < -0.4 is 0 Å². The summed E-state index contributed by atoms with van der Waals surface area (Å²) in [7, 11) is 0. The zero-order chi connectivity index (χ0) is 19.3. The van der Waals surface area contributed by atoms with Crippen LogP contribution in [0.2, 0.25) is 0 Å². The van der Waals surface area contributed by atoms with E-state index in [9.17, 15) is 4.79 Å². The van der Waals surface area contributed by atoms with E-state index < -0.39 is 0 Å². The van der Waals surface area contributed by atoms with Crippen molar-refractivity contribution >= 4 is 33.2 Å². The number of aryl methyl sites for hydroxylation is 1. The third-order valence-electron chi connectivity index (χ3n) is 5.61. The van der Waals surface area contributed by atoms with Crippen LogP contribution in [0.15, 0.2) is 36.1 Å². The maximum absolute atomic E-state index is 13.2. The molecular weight excluding hydrogens is 372 g/mol. The lowest BCUT2D eigenvalue weighted by Gasteiger charge is -2.37. The Bertz CT molecular complexity index is 1180. The fourth-order valence-electron chi connectivity index (χ4n) is 4.03. The Morgan fingerprint density at radius 3 is 3.04 bits per heavy atom. The molecule has 2 atom stereocenters. The Balaban J connectivity index is 1.47. The first-order valence-corrected chi connectivity index (χ1v) is 10.3. The molecule has 0 N–H and O–H groups in total. The molecule has 1 saturated heterocycles. The SMILES string of the molecule is Cc1cc(C2CN(C(=O)c3ccc4ncsc4c3)CC[C@@H]2C)n2ncnc2n1. The van der Waals surface area contributed by atoms with Gasteiger partial charge in [-0.2, -0.15) is 10.1 Å². The molecule has 7 nitrogen and oxygen atoms in total. The van der Waals surface area contributed by atoms with E-state index in [4.69, 9.17) is 0 Å². The molecule has 142 valence electrons. The number of benzene rings is 1. The smallest absolute Gasteiger partial charge is 0.253 e. The third kappa shape index (κ3) is 2.84. The minimum Gasteiger partial charge on any atom is -0.338 e. The van der Waals surface area contributed by atoms with E-state index in [1.165, 1.54) is 6.33 Å². The van der Waals surface area contributed by atoms with Gasteiger partial charge in [0.1, 0.15) is 6.33 Å². The Kier molecular flexibility index (Phi) is 4.08. The molecule has 0 bridgehead atoms. The third-order valence-corrected chi connectivity index (χ3v) is 6.40. The average Bonchev–Trinajstić information content (AvgIpc) is 3.35. The predicted molar refractivity (Wildman–Crippen MR) is 108 cm³/mol. The highest BCUT2D eigenvalue weighted by Crippen LogP contribution is 2.33. The van der Waals surface area contributed by atoms with Crippen molar-refractivity contribution in [3.63, 3.8) is 0 Å². The molecule has 0 saturated carbocycles. The van der Waals surface area contributed by atoms with E-state index >= 15 is 0 Å². The molecule has 1 aliphatic rings. The van der Waals surface area contributed by atoms with Crippen LogP contribution in [0, 0.1) is 12.8 Å². The van der Waals surface area contributed by atoms with Crippen LogP contribution in [0.5, 0.6) is 0 Å². The first-order valence-electron chi connectivity index (χ1n) is 9.40. The number of amides is 1. The standard InChI is InChI=1S/C20H20N6OS/c1-12-5-6-25(19(27)14-3-4-16-18(8-14)28-11-22-16)9-15(12)17-7-13(2)24-20-21-10-23-26(17)20/h3-4,7-8,10-12,15H,5-6,9H2,1-2H3/t12-,15?/m0/s1. The minimum absolute atomic E-state index is 0.0767. The van der Waals surface area contributed by atoms with Crippen molar-refractivity contribution in [2.45, 2.75) is 26.2 Å². The Hall–Kier alpha value is -2.87. The molecule has 4 aromatic rings. The lowest BCUT2D eigenvalue weighted by atomic mass is 9.84. The van der Waals surface area contributed by atoms with E-state index in [0.717, 1.165) is 40.1 Å². The number of nitrogens with zero attached hydrogens (tertiary/aromatic N) is 6. The van der Waals surface area contributed by atoms with Crippen molar-refractivity contribution < 1.29 is 4.79 Å². The van der Waals surface area contributed by atoms with Crippen molar-refractivity contribution in [2.75, 3.05) is 13.1 Å². The van der Waals surface area contributed by atoms with Gasteiger partial charge in [-0.15, -0.1) is 11.3 Å². The second-order valence-corrected chi connectivity index (χ2v) is 8.34. The largest absolute Gasteiger partial charge is 0.338 e. The van der Waals surface area contributed by atoms with Gasteiger partial charge >= 0.3 is 0 Å². The summed E-state index contributed by atoms with van der Waals surface area (Å²) in [5.41, 5.74) is 5.46. The van der Waals surface area contributed by atoms with Gasteiger partial charge in [-0.1, -0.05) is 6.92 Å².